The zero-order chi connectivity index (χ0) is 27.8. The average molecular weight is 550 g/mol. The van der Waals surface area contributed by atoms with E-state index in [2.05, 4.69) is 16.0 Å². The Hall–Kier alpha value is -2.62. The molecule has 1 saturated carbocycles. The maximum Gasteiger partial charge on any atom is 0.238 e. The number of benzene rings is 2. The lowest BCUT2D eigenvalue weighted by Crippen LogP contribution is -2.57. The van der Waals surface area contributed by atoms with Gasteiger partial charge in [0.2, 0.25) is 11.8 Å². The fourth-order valence-corrected chi connectivity index (χ4v) is 6.73. The molecule has 10 heteroatoms. The number of fused-ring (bicyclic) bond motifs is 2. The number of carbonyl (C=O) groups is 2. The highest BCUT2D eigenvalue weighted by Crippen LogP contribution is 2.57. The summed E-state index contributed by atoms with van der Waals surface area (Å²) in [6.07, 6.45) is 1.04. The molecule has 2 aromatic carbocycles. The van der Waals surface area contributed by atoms with Crippen molar-refractivity contribution in [2.45, 2.75) is 82.0 Å². The SMILES string of the molecule is CC(C)(C)C[C@H]1N[C@@H](C(=O)NC2CC(C)(O)C2)[C@H](c2cccc(F)c2F)[C@@]12C(=O)Nc1c2ccc(Cl)c1F. The number of anilines is 1. The Bertz CT molecular complexity index is 1320. The highest BCUT2D eigenvalue weighted by molar-refractivity contribution is 6.31. The summed E-state index contributed by atoms with van der Waals surface area (Å²) in [5.74, 6) is -5.46. The predicted molar refractivity (Wildman–Crippen MR) is 137 cm³/mol. The van der Waals surface area contributed by atoms with Crippen LogP contribution in [0.25, 0.3) is 0 Å². The molecule has 38 heavy (non-hydrogen) atoms. The third-order valence-electron chi connectivity index (χ3n) is 8.04. The molecule has 2 aliphatic heterocycles. The second kappa shape index (κ2) is 8.96. The molecule has 5 rings (SSSR count). The number of hydrogen-bond donors (Lipinski definition) is 4. The first-order chi connectivity index (χ1) is 17.7. The summed E-state index contributed by atoms with van der Waals surface area (Å²) in [5.41, 5.74) is -2.94. The summed E-state index contributed by atoms with van der Waals surface area (Å²) in [6.45, 7) is 7.54. The van der Waals surface area contributed by atoms with Crippen molar-refractivity contribution in [3.63, 3.8) is 0 Å². The van der Waals surface area contributed by atoms with Gasteiger partial charge < -0.3 is 21.1 Å². The number of hydrogen-bond acceptors (Lipinski definition) is 4. The number of rotatable bonds is 4. The van der Waals surface area contributed by atoms with Crippen LogP contribution < -0.4 is 16.0 Å². The van der Waals surface area contributed by atoms with Crippen LogP contribution in [0.1, 0.15) is 64.0 Å². The number of aliphatic hydroxyl groups is 1. The van der Waals surface area contributed by atoms with E-state index in [1.54, 1.807) is 6.92 Å². The Labute approximate surface area is 224 Å². The monoisotopic (exact) mass is 549 g/mol. The van der Waals surface area contributed by atoms with E-state index in [-0.39, 0.29) is 33.3 Å². The molecule has 4 N–H and O–H groups in total. The van der Waals surface area contributed by atoms with Crippen molar-refractivity contribution >= 4 is 29.1 Å². The van der Waals surface area contributed by atoms with Gasteiger partial charge >= 0.3 is 0 Å². The van der Waals surface area contributed by atoms with Crippen LogP contribution in [0.15, 0.2) is 30.3 Å². The molecule has 2 amide bonds. The largest absolute Gasteiger partial charge is 0.390 e. The third kappa shape index (κ3) is 4.19. The lowest BCUT2D eigenvalue weighted by atomic mass is 9.62. The van der Waals surface area contributed by atoms with E-state index < -0.39 is 58.3 Å². The van der Waals surface area contributed by atoms with Gasteiger partial charge in [0, 0.05) is 18.0 Å². The van der Waals surface area contributed by atoms with Gasteiger partial charge in [0.25, 0.3) is 0 Å². The summed E-state index contributed by atoms with van der Waals surface area (Å²) >= 11 is 6.02. The molecule has 3 aliphatic rings. The Kier molecular flexibility index (Phi) is 6.36. The quantitative estimate of drug-likeness (QED) is 0.451. The normalized spacial score (nSPS) is 32.2. The molecule has 0 bridgehead atoms. The van der Waals surface area contributed by atoms with Gasteiger partial charge in [-0.2, -0.15) is 0 Å². The topological polar surface area (TPSA) is 90.5 Å². The van der Waals surface area contributed by atoms with E-state index in [4.69, 9.17) is 11.6 Å². The zero-order valence-electron chi connectivity index (χ0n) is 21.6. The summed E-state index contributed by atoms with van der Waals surface area (Å²) in [5, 5.41) is 18.7. The molecular weight excluding hydrogens is 519 g/mol. The van der Waals surface area contributed by atoms with Crippen molar-refractivity contribution in [1.82, 2.24) is 10.6 Å². The minimum absolute atomic E-state index is 0.124. The number of nitrogens with one attached hydrogen (secondary N) is 3. The Balaban J connectivity index is 1.71. The maximum absolute atomic E-state index is 15.5. The van der Waals surface area contributed by atoms with Crippen molar-refractivity contribution in [2.24, 2.45) is 5.41 Å². The van der Waals surface area contributed by atoms with E-state index in [9.17, 15) is 19.1 Å². The highest BCUT2D eigenvalue weighted by atomic mass is 35.5. The minimum Gasteiger partial charge on any atom is -0.390 e. The minimum atomic E-state index is -1.64. The molecule has 1 spiro atoms. The van der Waals surface area contributed by atoms with E-state index in [1.807, 2.05) is 20.8 Å². The van der Waals surface area contributed by atoms with Crippen LogP contribution in [0.4, 0.5) is 18.9 Å². The van der Waals surface area contributed by atoms with E-state index >= 15 is 8.78 Å². The molecule has 6 nitrogen and oxygen atoms in total. The fourth-order valence-electron chi connectivity index (χ4n) is 6.58. The molecule has 0 aromatic heterocycles. The summed E-state index contributed by atoms with van der Waals surface area (Å²) in [6, 6.07) is 4.30. The van der Waals surface area contributed by atoms with Crippen molar-refractivity contribution in [2.75, 3.05) is 5.32 Å². The van der Waals surface area contributed by atoms with E-state index in [1.165, 1.54) is 24.3 Å². The van der Waals surface area contributed by atoms with Crippen molar-refractivity contribution in [3.05, 3.63) is 63.9 Å². The van der Waals surface area contributed by atoms with Gasteiger partial charge in [0.05, 0.1) is 22.4 Å². The number of halogens is 4. The Morgan fingerprint density at radius 3 is 2.47 bits per heavy atom. The zero-order valence-corrected chi connectivity index (χ0v) is 22.3. The summed E-state index contributed by atoms with van der Waals surface area (Å²) < 4.78 is 45.3. The van der Waals surface area contributed by atoms with Crippen LogP contribution in [0.5, 0.6) is 0 Å². The van der Waals surface area contributed by atoms with Crippen LogP contribution in [0.2, 0.25) is 5.02 Å². The van der Waals surface area contributed by atoms with Gasteiger partial charge in [-0.1, -0.05) is 50.6 Å². The van der Waals surface area contributed by atoms with Gasteiger partial charge in [-0.15, -0.1) is 0 Å². The molecule has 204 valence electrons. The standard InChI is InChI=1S/C28H31ClF3N3O3/c1-26(2,3)12-18-28(15-8-9-16(29)21(32)22(15)35-25(28)37)19(14-6-5-7-17(30)20(14)31)23(34-18)24(36)33-13-10-27(4,38)11-13/h5-9,13,18-19,23,34,38H,10-12H2,1-4H3,(H,33,36)(H,35,37)/t13?,18-,19+,23-,27?,28+/m1/s1. The van der Waals surface area contributed by atoms with Gasteiger partial charge in [0.1, 0.15) is 5.41 Å². The second-order valence-electron chi connectivity index (χ2n) is 12.3. The second-order valence-corrected chi connectivity index (χ2v) is 12.7. The van der Waals surface area contributed by atoms with Gasteiger partial charge in [-0.3, -0.25) is 9.59 Å². The smallest absolute Gasteiger partial charge is 0.238 e. The van der Waals surface area contributed by atoms with Crippen LogP contribution in [0, 0.1) is 22.9 Å². The predicted octanol–water partition coefficient (Wildman–Crippen LogP) is 4.54. The maximum atomic E-state index is 15.5. The van der Waals surface area contributed by atoms with Gasteiger partial charge in [-0.25, -0.2) is 13.2 Å². The molecule has 4 atom stereocenters. The molecule has 0 unspecified atom stereocenters. The first kappa shape index (κ1) is 27.0. The lowest BCUT2D eigenvalue weighted by molar-refractivity contribution is -0.127. The fraction of sp³-hybridized carbons (Fsp3) is 0.500. The van der Waals surface area contributed by atoms with Crippen molar-refractivity contribution < 1.29 is 27.9 Å². The number of amides is 2. The third-order valence-corrected chi connectivity index (χ3v) is 8.34. The summed E-state index contributed by atoms with van der Waals surface area (Å²) in [4.78, 5) is 27.7. The first-order valence-corrected chi connectivity index (χ1v) is 13.1. The molecule has 1 saturated heterocycles. The highest BCUT2D eigenvalue weighted by Gasteiger charge is 2.66. The van der Waals surface area contributed by atoms with Crippen LogP contribution in [-0.4, -0.2) is 40.6 Å². The Morgan fingerprint density at radius 2 is 1.84 bits per heavy atom. The van der Waals surface area contributed by atoms with E-state index in [0.29, 0.717) is 19.3 Å². The summed E-state index contributed by atoms with van der Waals surface area (Å²) in [7, 11) is 0. The molecular formula is C28H31ClF3N3O3. The van der Waals surface area contributed by atoms with Crippen molar-refractivity contribution in [3.8, 4) is 0 Å². The molecule has 2 heterocycles. The van der Waals surface area contributed by atoms with Crippen LogP contribution >= 0.6 is 11.6 Å². The average Bonchev–Trinajstić information content (AvgIpc) is 3.27. The van der Waals surface area contributed by atoms with Crippen LogP contribution in [0.3, 0.4) is 0 Å². The molecule has 2 fully saturated rings. The van der Waals surface area contributed by atoms with Crippen molar-refractivity contribution in [1.29, 1.82) is 0 Å². The lowest BCUT2D eigenvalue weighted by Gasteiger charge is -2.42. The first-order valence-electron chi connectivity index (χ1n) is 12.7. The molecule has 0 radical (unpaired) electrons. The van der Waals surface area contributed by atoms with Crippen LogP contribution in [-0.2, 0) is 15.0 Å². The molecule has 1 aliphatic carbocycles. The van der Waals surface area contributed by atoms with Gasteiger partial charge in [-0.05, 0) is 54.9 Å². The molecule has 2 aromatic rings. The van der Waals surface area contributed by atoms with Gasteiger partial charge in [0.15, 0.2) is 17.5 Å². The number of carbonyl (C=O) groups excluding carboxylic acids is 2. The van der Waals surface area contributed by atoms with E-state index in [0.717, 1.165) is 6.07 Å². The Morgan fingerprint density at radius 1 is 1.16 bits per heavy atom.